The molecule has 174 valence electrons. The van der Waals surface area contributed by atoms with Crippen LogP contribution in [0.2, 0.25) is 0 Å². The molecule has 3 heterocycles. The summed E-state index contributed by atoms with van der Waals surface area (Å²) in [6.45, 7) is 2.07. The van der Waals surface area contributed by atoms with Gasteiger partial charge in [0, 0.05) is 25.9 Å². The molecular formula is C23H31N3O6. The van der Waals surface area contributed by atoms with Gasteiger partial charge in [0.1, 0.15) is 17.4 Å². The number of hydrogen-bond donors (Lipinski definition) is 3. The first kappa shape index (κ1) is 22.5. The average molecular weight is 446 g/mol. The Kier molecular flexibility index (Phi) is 5.89. The predicted molar refractivity (Wildman–Crippen MR) is 116 cm³/mol. The fraction of sp³-hybridized carbons (Fsp3) is 0.609. The van der Waals surface area contributed by atoms with E-state index in [1.54, 1.807) is 38.4 Å². The first-order valence-corrected chi connectivity index (χ1v) is 11.2. The third-order valence-electron chi connectivity index (χ3n) is 7.37. The number of benzene rings is 1. The summed E-state index contributed by atoms with van der Waals surface area (Å²) in [5.74, 6) is -1.54. The molecule has 3 fully saturated rings. The largest absolute Gasteiger partial charge is 0.497 e. The number of nitrogens with one attached hydrogen (secondary N) is 2. The Morgan fingerprint density at radius 3 is 2.56 bits per heavy atom. The normalized spacial score (nSPS) is 32.7. The number of hydrogen-bond acceptors (Lipinski definition) is 6. The molecule has 9 heteroatoms. The van der Waals surface area contributed by atoms with Gasteiger partial charge in [0.05, 0.1) is 24.5 Å². The van der Waals surface area contributed by atoms with E-state index in [1.807, 2.05) is 6.92 Å². The van der Waals surface area contributed by atoms with Gasteiger partial charge in [0.25, 0.3) is 0 Å². The summed E-state index contributed by atoms with van der Waals surface area (Å²) < 4.78 is 11.7. The molecule has 3 N–H and O–H groups in total. The Hall–Kier alpha value is -2.65. The first-order chi connectivity index (χ1) is 15.4. The van der Waals surface area contributed by atoms with E-state index >= 15 is 0 Å². The van der Waals surface area contributed by atoms with Gasteiger partial charge in [-0.05, 0) is 49.9 Å². The molecule has 9 nitrogen and oxygen atoms in total. The maximum absolute atomic E-state index is 13.6. The number of carbonyl (C=O) groups excluding carboxylic acids is 3. The number of nitrogens with zero attached hydrogens (tertiary/aromatic N) is 1. The lowest BCUT2D eigenvalue weighted by Crippen LogP contribution is -2.53. The van der Waals surface area contributed by atoms with Crippen molar-refractivity contribution in [1.82, 2.24) is 10.2 Å². The topological polar surface area (TPSA) is 117 Å². The molecule has 0 radical (unpaired) electrons. The Bertz CT molecular complexity index is 905. The van der Waals surface area contributed by atoms with Crippen molar-refractivity contribution in [3.63, 3.8) is 0 Å². The van der Waals surface area contributed by atoms with Gasteiger partial charge in [-0.25, -0.2) is 0 Å². The van der Waals surface area contributed by atoms with E-state index in [0.29, 0.717) is 37.1 Å². The minimum absolute atomic E-state index is 0.104. The van der Waals surface area contributed by atoms with Crippen LogP contribution < -0.4 is 15.4 Å². The molecule has 0 aromatic heterocycles. The van der Waals surface area contributed by atoms with Gasteiger partial charge in [-0.2, -0.15) is 0 Å². The number of aliphatic hydroxyl groups is 1. The van der Waals surface area contributed by atoms with Crippen LogP contribution in [0, 0.1) is 11.8 Å². The molecule has 32 heavy (non-hydrogen) atoms. The van der Waals surface area contributed by atoms with Crippen LogP contribution in [0.15, 0.2) is 24.3 Å². The molecule has 3 aliphatic rings. The van der Waals surface area contributed by atoms with Crippen LogP contribution >= 0.6 is 0 Å². The van der Waals surface area contributed by atoms with Crippen LogP contribution in [-0.4, -0.2) is 72.3 Å². The smallest absolute Gasteiger partial charge is 0.250 e. The summed E-state index contributed by atoms with van der Waals surface area (Å²) in [6.07, 6.45) is 2.07. The fourth-order valence-electron chi connectivity index (χ4n) is 5.94. The second kappa shape index (κ2) is 8.37. The monoisotopic (exact) mass is 445 g/mol. The van der Waals surface area contributed by atoms with Crippen LogP contribution in [0.5, 0.6) is 5.75 Å². The molecule has 2 bridgehead atoms. The van der Waals surface area contributed by atoms with E-state index < -0.39 is 29.1 Å². The van der Waals surface area contributed by atoms with Crippen molar-refractivity contribution in [1.29, 1.82) is 0 Å². The lowest BCUT2D eigenvalue weighted by atomic mass is 9.65. The maximum Gasteiger partial charge on any atom is 0.250 e. The van der Waals surface area contributed by atoms with Crippen LogP contribution in [0.25, 0.3) is 0 Å². The van der Waals surface area contributed by atoms with Crippen LogP contribution in [0.1, 0.15) is 32.6 Å². The highest BCUT2D eigenvalue weighted by Gasteiger charge is 2.78. The Labute approximate surface area is 187 Å². The summed E-state index contributed by atoms with van der Waals surface area (Å²) in [6, 6.07) is 6.07. The van der Waals surface area contributed by atoms with Crippen molar-refractivity contribution in [3.05, 3.63) is 24.3 Å². The second-order valence-corrected chi connectivity index (χ2v) is 8.77. The zero-order valence-electron chi connectivity index (χ0n) is 18.7. The maximum atomic E-state index is 13.6. The van der Waals surface area contributed by atoms with Crippen LogP contribution in [0.4, 0.5) is 5.69 Å². The molecule has 3 saturated heterocycles. The van der Waals surface area contributed by atoms with E-state index in [-0.39, 0.29) is 30.9 Å². The molecule has 0 saturated carbocycles. The highest BCUT2D eigenvalue weighted by molar-refractivity contribution is 6.03. The molecule has 0 aliphatic carbocycles. The van der Waals surface area contributed by atoms with E-state index in [0.717, 1.165) is 0 Å². The minimum atomic E-state index is -1.06. The number of rotatable bonds is 8. The quantitative estimate of drug-likeness (QED) is 0.548. The highest BCUT2D eigenvalue weighted by Crippen LogP contribution is 2.64. The van der Waals surface area contributed by atoms with Crippen LogP contribution in [-0.2, 0) is 19.1 Å². The number of ether oxygens (including phenoxy) is 2. The summed E-state index contributed by atoms with van der Waals surface area (Å²) in [5, 5.41) is 15.0. The molecular weight excluding hydrogens is 414 g/mol. The minimum Gasteiger partial charge on any atom is -0.497 e. The molecule has 3 amide bonds. The molecule has 4 rings (SSSR count). The number of carbonyl (C=O) groups is 3. The second-order valence-electron chi connectivity index (χ2n) is 8.77. The van der Waals surface area contributed by atoms with Crippen molar-refractivity contribution >= 4 is 23.4 Å². The molecule has 3 aliphatic heterocycles. The van der Waals surface area contributed by atoms with Crippen molar-refractivity contribution in [2.75, 3.05) is 32.6 Å². The van der Waals surface area contributed by atoms with Gasteiger partial charge < -0.3 is 30.1 Å². The summed E-state index contributed by atoms with van der Waals surface area (Å²) >= 11 is 0. The Morgan fingerprint density at radius 1 is 1.25 bits per heavy atom. The van der Waals surface area contributed by atoms with Gasteiger partial charge in [-0.1, -0.05) is 6.92 Å². The molecule has 2 unspecified atom stereocenters. The number of fused-ring (bicyclic) bond motifs is 1. The first-order valence-electron chi connectivity index (χ1n) is 11.2. The van der Waals surface area contributed by atoms with E-state index in [1.165, 1.54) is 4.90 Å². The van der Waals surface area contributed by atoms with Gasteiger partial charge in [0.15, 0.2) is 0 Å². The third-order valence-corrected chi connectivity index (χ3v) is 7.37. The highest BCUT2D eigenvalue weighted by atomic mass is 16.5. The lowest BCUT2D eigenvalue weighted by molar-refractivity contribution is -0.146. The fourth-order valence-corrected chi connectivity index (χ4v) is 5.94. The number of aliphatic hydroxyl groups excluding tert-OH is 1. The summed E-state index contributed by atoms with van der Waals surface area (Å²) in [5.41, 5.74) is -1.23. The average Bonchev–Trinajstić information content (AvgIpc) is 3.41. The molecule has 5 atom stereocenters. The van der Waals surface area contributed by atoms with Gasteiger partial charge >= 0.3 is 0 Å². The lowest BCUT2D eigenvalue weighted by Gasteiger charge is -2.33. The SMILES string of the molecule is CC[C@@]12CCC3(O1)C(C(=O)Nc1ccc(OC)cc1)N(CCCO)C(=O)[C@@H]3[C@@H]2C(=O)NC. The number of likely N-dealkylation sites (tertiary alicyclic amines) is 1. The zero-order chi connectivity index (χ0) is 23.1. The number of anilines is 1. The van der Waals surface area contributed by atoms with E-state index in [4.69, 9.17) is 9.47 Å². The van der Waals surface area contributed by atoms with Crippen molar-refractivity contribution in [2.24, 2.45) is 11.8 Å². The van der Waals surface area contributed by atoms with E-state index in [2.05, 4.69) is 10.6 Å². The number of methoxy groups -OCH3 is 1. The van der Waals surface area contributed by atoms with Gasteiger partial charge in [-0.3, -0.25) is 14.4 Å². The zero-order valence-corrected chi connectivity index (χ0v) is 18.7. The van der Waals surface area contributed by atoms with Crippen molar-refractivity contribution < 1.29 is 29.0 Å². The van der Waals surface area contributed by atoms with Crippen molar-refractivity contribution in [3.8, 4) is 5.75 Å². The Balaban J connectivity index is 1.71. The summed E-state index contributed by atoms with van der Waals surface area (Å²) in [4.78, 5) is 41.6. The molecule has 1 spiro atoms. The van der Waals surface area contributed by atoms with Gasteiger partial charge in [-0.15, -0.1) is 0 Å². The molecule has 1 aromatic carbocycles. The van der Waals surface area contributed by atoms with Gasteiger partial charge in [0.2, 0.25) is 17.7 Å². The predicted octanol–water partition coefficient (Wildman–Crippen LogP) is 0.917. The van der Waals surface area contributed by atoms with Crippen LogP contribution in [0.3, 0.4) is 0 Å². The standard InChI is InChI=1S/C23H31N3O6/c1-4-22-10-11-23(32-22)17(16(22)19(28)24-2)21(30)26(12-5-13-27)18(23)20(29)25-14-6-8-15(31-3)9-7-14/h6-9,16-18,27H,4-5,10-13H2,1-3H3,(H,24,28)(H,25,29)/t16-,17+,18?,22+,23?/m1/s1. The summed E-state index contributed by atoms with van der Waals surface area (Å²) in [7, 11) is 3.12. The molecule has 1 aromatic rings. The van der Waals surface area contributed by atoms with E-state index in [9.17, 15) is 19.5 Å². The van der Waals surface area contributed by atoms with Crippen molar-refractivity contribution in [2.45, 2.75) is 49.9 Å². The Morgan fingerprint density at radius 2 is 1.97 bits per heavy atom. The number of amides is 3. The third kappa shape index (κ3) is 3.17.